The van der Waals surface area contributed by atoms with Gasteiger partial charge >= 0.3 is 0 Å². The molecule has 15 heavy (non-hydrogen) atoms. The number of benzene rings is 1. The molecule has 1 aromatic carbocycles. The number of hydrogen-bond acceptors (Lipinski definition) is 4. The van der Waals surface area contributed by atoms with Crippen molar-refractivity contribution in [2.45, 2.75) is 0 Å². The monoisotopic (exact) mass is 248 g/mol. The zero-order chi connectivity index (χ0) is 11.4. The van der Waals surface area contributed by atoms with Crippen LogP contribution in [-0.4, -0.2) is 20.4 Å². The lowest BCUT2D eigenvalue weighted by atomic mass is 10.2. The zero-order valence-corrected chi connectivity index (χ0v) is 9.76. The Balaban J connectivity index is 3.44. The van der Waals surface area contributed by atoms with Crippen LogP contribution in [0.5, 0.6) is 11.5 Å². The van der Waals surface area contributed by atoms with E-state index in [9.17, 15) is 0 Å². The van der Waals surface area contributed by atoms with Gasteiger partial charge in [-0.05, 0) is 0 Å². The van der Waals surface area contributed by atoms with Gasteiger partial charge in [0, 0.05) is 11.6 Å². The Bertz CT molecular complexity index is 394. The van der Waals surface area contributed by atoms with E-state index in [1.807, 2.05) is 0 Å². The lowest BCUT2D eigenvalue weighted by Crippen LogP contribution is -1.96. The van der Waals surface area contributed by atoms with Gasteiger partial charge in [0.2, 0.25) is 0 Å². The molecule has 1 aromatic rings. The normalized spacial score (nSPS) is 10.7. The quantitative estimate of drug-likeness (QED) is 0.508. The number of hydrogen-bond donors (Lipinski definition) is 1. The first kappa shape index (κ1) is 11.9. The lowest BCUT2D eigenvalue weighted by Gasteiger charge is -2.12. The van der Waals surface area contributed by atoms with Crippen LogP contribution in [0.25, 0.3) is 0 Å². The fraction of sp³-hybridized carbons (Fsp3) is 0.222. The van der Waals surface area contributed by atoms with Gasteiger partial charge in [0.1, 0.15) is 0 Å². The van der Waals surface area contributed by atoms with E-state index < -0.39 is 0 Å². The molecule has 4 nitrogen and oxygen atoms in total. The van der Waals surface area contributed by atoms with Gasteiger partial charge in [-0.2, -0.15) is 5.10 Å². The summed E-state index contributed by atoms with van der Waals surface area (Å²) >= 11 is 12.0. The van der Waals surface area contributed by atoms with Crippen LogP contribution >= 0.6 is 23.2 Å². The van der Waals surface area contributed by atoms with E-state index in [-0.39, 0.29) is 0 Å². The van der Waals surface area contributed by atoms with Gasteiger partial charge in [0.25, 0.3) is 0 Å². The molecule has 0 radical (unpaired) electrons. The van der Waals surface area contributed by atoms with Crippen LogP contribution in [0.1, 0.15) is 5.56 Å². The van der Waals surface area contributed by atoms with Crippen molar-refractivity contribution in [2.75, 3.05) is 14.2 Å². The minimum atomic E-state index is 0.316. The molecule has 0 amide bonds. The molecule has 0 saturated carbocycles. The molecule has 0 heterocycles. The van der Waals surface area contributed by atoms with E-state index in [0.717, 1.165) is 0 Å². The maximum Gasteiger partial charge on any atom is 0.180 e. The molecular formula is C9H10Cl2N2O2. The van der Waals surface area contributed by atoms with Crippen LogP contribution in [0.4, 0.5) is 0 Å². The number of halogens is 2. The predicted octanol–water partition coefficient (Wildman–Crippen LogP) is 2.30. The van der Waals surface area contributed by atoms with Crippen LogP contribution in [0, 0.1) is 0 Å². The van der Waals surface area contributed by atoms with Crippen molar-refractivity contribution in [1.29, 1.82) is 0 Å². The summed E-state index contributed by atoms with van der Waals surface area (Å²) in [5.74, 6) is 5.90. The molecule has 0 saturated heterocycles. The molecule has 0 aromatic heterocycles. The molecule has 1 rings (SSSR count). The van der Waals surface area contributed by atoms with Gasteiger partial charge in [-0.15, -0.1) is 0 Å². The smallest absolute Gasteiger partial charge is 0.180 e. The molecule has 0 fully saturated rings. The third-order valence-corrected chi connectivity index (χ3v) is 2.49. The number of nitrogens with zero attached hydrogens (tertiary/aromatic N) is 1. The van der Waals surface area contributed by atoms with Crippen molar-refractivity contribution in [3.05, 3.63) is 21.7 Å². The summed E-state index contributed by atoms with van der Waals surface area (Å²) in [4.78, 5) is 0. The Morgan fingerprint density at radius 1 is 1.33 bits per heavy atom. The van der Waals surface area contributed by atoms with Crippen LogP contribution in [0.3, 0.4) is 0 Å². The molecule has 0 atom stereocenters. The number of methoxy groups -OCH3 is 2. The molecule has 0 aliphatic carbocycles. The Kier molecular flexibility index (Phi) is 4.05. The summed E-state index contributed by atoms with van der Waals surface area (Å²) in [5.41, 5.74) is 0.499. The highest BCUT2D eigenvalue weighted by Crippen LogP contribution is 2.40. The van der Waals surface area contributed by atoms with Gasteiger partial charge in [-0.1, -0.05) is 23.2 Å². The first-order chi connectivity index (χ1) is 7.15. The number of rotatable bonds is 3. The largest absolute Gasteiger partial charge is 0.493 e. The van der Waals surface area contributed by atoms with E-state index in [4.69, 9.17) is 38.5 Å². The number of hydrazone groups is 1. The van der Waals surface area contributed by atoms with E-state index in [0.29, 0.717) is 27.1 Å². The van der Waals surface area contributed by atoms with Crippen LogP contribution < -0.4 is 15.3 Å². The molecule has 6 heteroatoms. The van der Waals surface area contributed by atoms with E-state index in [2.05, 4.69) is 5.10 Å². The number of nitrogens with two attached hydrogens (primary N) is 1. The fourth-order valence-corrected chi connectivity index (χ4v) is 1.74. The average Bonchev–Trinajstić information content (AvgIpc) is 2.23. The standard InChI is InChI=1S/C9H10Cl2N2O2/c1-14-7-3-6(10)5(4-13-12)8(11)9(7)15-2/h3-4H,12H2,1-2H3. The van der Waals surface area contributed by atoms with E-state index in [1.54, 1.807) is 6.07 Å². The highest BCUT2D eigenvalue weighted by atomic mass is 35.5. The third kappa shape index (κ3) is 2.27. The molecule has 82 valence electrons. The van der Waals surface area contributed by atoms with Crippen LogP contribution in [0.2, 0.25) is 10.0 Å². The Labute approximate surface area is 97.6 Å². The topological polar surface area (TPSA) is 56.8 Å². The van der Waals surface area contributed by atoms with Gasteiger partial charge in [-0.25, -0.2) is 0 Å². The Morgan fingerprint density at radius 3 is 2.47 bits per heavy atom. The predicted molar refractivity (Wildman–Crippen MR) is 61.3 cm³/mol. The first-order valence-electron chi connectivity index (χ1n) is 3.99. The summed E-state index contributed by atoms with van der Waals surface area (Å²) in [5, 5.41) is 4.08. The lowest BCUT2D eigenvalue weighted by molar-refractivity contribution is 0.355. The average molecular weight is 249 g/mol. The highest BCUT2D eigenvalue weighted by molar-refractivity contribution is 6.40. The van der Waals surface area contributed by atoms with Crippen molar-refractivity contribution in [3.63, 3.8) is 0 Å². The summed E-state index contributed by atoms with van der Waals surface area (Å²) in [6, 6.07) is 1.59. The summed E-state index contributed by atoms with van der Waals surface area (Å²) in [7, 11) is 2.99. The summed E-state index contributed by atoms with van der Waals surface area (Å²) in [6.45, 7) is 0. The highest BCUT2D eigenvalue weighted by Gasteiger charge is 2.15. The van der Waals surface area contributed by atoms with Gasteiger partial charge in [-0.3, -0.25) is 0 Å². The molecule has 0 spiro atoms. The van der Waals surface area contributed by atoms with Crippen LogP contribution in [0.15, 0.2) is 11.2 Å². The third-order valence-electron chi connectivity index (χ3n) is 1.80. The molecule has 0 aliphatic rings. The molecule has 2 N–H and O–H groups in total. The van der Waals surface area contributed by atoms with Crippen LogP contribution in [-0.2, 0) is 0 Å². The van der Waals surface area contributed by atoms with Crippen molar-refractivity contribution in [3.8, 4) is 11.5 Å². The minimum Gasteiger partial charge on any atom is -0.493 e. The second-order valence-electron chi connectivity index (χ2n) is 2.60. The number of ether oxygens (including phenoxy) is 2. The second kappa shape index (κ2) is 5.09. The first-order valence-corrected chi connectivity index (χ1v) is 4.74. The minimum absolute atomic E-state index is 0.316. The van der Waals surface area contributed by atoms with Gasteiger partial charge in [0.05, 0.1) is 30.5 Å². The SMILES string of the molecule is COc1cc(Cl)c(C=NN)c(Cl)c1OC. The van der Waals surface area contributed by atoms with Gasteiger partial charge in [0.15, 0.2) is 11.5 Å². The maximum absolute atomic E-state index is 6.04. The second-order valence-corrected chi connectivity index (χ2v) is 3.38. The molecular weight excluding hydrogens is 239 g/mol. The van der Waals surface area contributed by atoms with Crippen molar-refractivity contribution in [2.24, 2.45) is 10.9 Å². The molecule has 0 aliphatic heterocycles. The van der Waals surface area contributed by atoms with E-state index in [1.165, 1.54) is 20.4 Å². The maximum atomic E-state index is 6.04. The molecule has 0 bridgehead atoms. The summed E-state index contributed by atoms with van der Waals surface area (Å²) in [6.07, 6.45) is 1.35. The van der Waals surface area contributed by atoms with Crippen molar-refractivity contribution >= 4 is 29.4 Å². The van der Waals surface area contributed by atoms with Crippen molar-refractivity contribution < 1.29 is 9.47 Å². The van der Waals surface area contributed by atoms with Gasteiger partial charge < -0.3 is 15.3 Å². The zero-order valence-electron chi connectivity index (χ0n) is 8.25. The Morgan fingerprint density at radius 2 is 2.00 bits per heavy atom. The van der Waals surface area contributed by atoms with E-state index >= 15 is 0 Å². The fourth-order valence-electron chi connectivity index (χ4n) is 1.13. The Hall–Kier alpha value is -1.13. The van der Waals surface area contributed by atoms with Crippen molar-refractivity contribution in [1.82, 2.24) is 0 Å². The molecule has 0 unspecified atom stereocenters. The summed E-state index contributed by atoms with van der Waals surface area (Å²) < 4.78 is 10.2.